The zero-order chi connectivity index (χ0) is 15.8. The molecule has 6 heteroatoms. The second kappa shape index (κ2) is 5.53. The summed E-state index contributed by atoms with van der Waals surface area (Å²) in [6.07, 6.45) is 6.05. The van der Waals surface area contributed by atoms with Crippen molar-refractivity contribution in [3.63, 3.8) is 0 Å². The van der Waals surface area contributed by atoms with E-state index in [-0.39, 0.29) is 12.5 Å². The Labute approximate surface area is 134 Å². The lowest BCUT2D eigenvalue weighted by molar-refractivity contribution is -0.116. The Kier molecular flexibility index (Phi) is 3.37. The maximum atomic E-state index is 12.3. The number of hydrogen-bond donors (Lipinski definition) is 1. The molecule has 3 aromatic rings. The minimum atomic E-state index is -0.0899. The SMILES string of the molecule is Cc1nccn1CC(=O)Nc1nn(CC2CC2)c2ccccc12. The fourth-order valence-electron chi connectivity index (χ4n) is 2.80. The van der Waals surface area contributed by atoms with E-state index in [4.69, 9.17) is 0 Å². The van der Waals surface area contributed by atoms with Gasteiger partial charge in [0.2, 0.25) is 5.91 Å². The van der Waals surface area contributed by atoms with Crippen LogP contribution in [0.25, 0.3) is 10.9 Å². The van der Waals surface area contributed by atoms with E-state index in [1.165, 1.54) is 12.8 Å². The van der Waals surface area contributed by atoms with Gasteiger partial charge in [-0.3, -0.25) is 9.48 Å². The van der Waals surface area contributed by atoms with Gasteiger partial charge in [0.1, 0.15) is 12.4 Å². The minimum Gasteiger partial charge on any atom is -0.326 e. The summed E-state index contributed by atoms with van der Waals surface area (Å²) >= 11 is 0. The van der Waals surface area contributed by atoms with E-state index in [0.717, 1.165) is 29.2 Å². The number of carbonyl (C=O) groups excluding carboxylic acids is 1. The number of hydrogen-bond acceptors (Lipinski definition) is 3. The maximum Gasteiger partial charge on any atom is 0.245 e. The van der Waals surface area contributed by atoms with E-state index in [2.05, 4.69) is 21.5 Å². The molecule has 1 amide bonds. The van der Waals surface area contributed by atoms with Gasteiger partial charge in [0.15, 0.2) is 5.82 Å². The van der Waals surface area contributed by atoms with Crippen LogP contribution >= 0.6 is 0 Å². The van der Waals surface area contributed by atoms with Gasteiger partial charge in [-0.1, -0.05) is 12.1 Å². The topological polar surface area (TPSA) is 64.7 Å². The van der Waals surface area contributed by atoms with Crippen molar-refractivity contribution in [1.82, 2.24) is 19.3 Å². The molecule has 1 N–H and O–H groups in total. The van der Waals surface area contributed by atoms with E-state index >= 15 is 0 Å². The van der Waals surface area contributed by atoms with Gasteiger partial charge in [0.25, 0.3) is 0 Å². The lowest BCUT2D eigenvalue weighted by atomic mass is 10.2. The number of para-hydroxylation sites is 1. The molecule has 2 aromatic heterocycles. The summed E-state index contributed by atoms with van der Waals surface area (Å²) in [5.41, 5.74) is 1.08. The molecule has 1 aliphatic rings. The zero-order valence-corrected chi connectivity index (χ0v) is 13.1. The maximum absolute atomic E-state index is 12.3. The lowest BCUT2D eigenvalue weighted by Gasteiger charge is -2.05. The van der Waals surface area contributed by atoms with E-state index in [1.54, 1.807) is 12.4 Å². The number of anilines is 1. The van der Waals surface area contributed by atoms with Gasteiger partial charge in [-0.2, -0.15) is 5.10 Å². The number of carbonyl (C=O) groups is 1. The minimum absolute atomic E-state index is 0.0899. The Balaban J connectivity index is 1.58. The van der Waals surface area contributed by atoms with Crippen molar-refractivity contribution in [2.24, 2.45) is 5.92 Å². The zero-order valence-electron chi connectivity index (χ0n) is 13.1. The van der Waals surface area contributed by atoms with Gasteiger partial charge in [0.05, 0.1) is 5.52 Å². The quantitative estimate of drug-likeness (QED) is 0.788. The summed E-state index contributed by atoms with van der Waals surface area (Å²) in [6.45, 7) is 3.06. The first-order valence-electron chi connectivity index (χ1n) is 7.94. The molecule has 1 aromatic carbocycles. The predicted octanol–water partition coefficient (Wildman–Crippen LogP) is 2.59. The van der Waals surface area contributed by atoms with Crippen molar-refractivity contribution in [2.75, 3.05) is 5.32 Å². The molecule has 0 bridgehead atoms. The van der Waals surface area contributed by atoms with Crippen molar-refractivity contribution in [2.45, 2.75) is 32.9 Å². The highest BCUT2D eigenvalue weighted by Gasteiger charge is 2.24. The van der Waals surface area contributed by atoms with E-state index < -0.39 is 0 Å². The van der Waals surface area contributed by atoms with Crippen LogP contribution in [0.4, 0.5) is 5.82 Å². The number of fused-ring (bicyclic) bond motifs is 1. The van der Waals surface area contributed by atoms with Crippen LogP contribution in [0.3, 0.4) is 0 Å². The monoisotopic (exact) mass is 309 g/mol. The summed E-state index contributed by atoms with van der Waals surface area (Å²) in [4.78, 5) is 16.4. The summed E-state index contributed by atoms with van der Waals surface area (Å²) in [6, 6.07) is 8.04. The van der Waals surface area contributed by atoms with Crippen LogP contribution in [0.1, 0.15) is 18.7 Å². The molecule has 1 aliphatic carbocycles. The van der Waals surface area contributed by atoms with Crippen LogP contribution in [-0.4, -0.2) is 25.2 Å². The number of aryl methyl sites for hydroxylation is 1. The number of nitrogens with one attached hydrogen (secondary N) is 1. The van der Waals surface area contributed by atoms with Gasteiger partial charge in [-0.25, -0.2) is 4.98 Å². The summed E-state index contributed by atoms with van der Waals surface area (Å²) in [5, 5.41) is 8.56. The lowest BCUT2D eigenvalue weighted by Crippen LogP contribution is -2.19. The second-order valence-electron chi connectivity index (χ2n) is 6.14. The van der Waals surface area contributed by atoms with Crippen molar-refractivity contribution >= 4 is 22.6 Å². The molecule has 0 aliphatic heterocycles. The van der Waals surface area contributed by atoms with Crippen molar-refractivity contribution in [1.29, 1.82) is 0 Å². The Hall–Kier alpha value is -2.63. The third-order valence-corrected chi connectivity index (χ3v) is 4.28. The molecular weight excluding hydrogens is 290 g/mol. The van der Waals surface area contributed by atoms with E-state index in [0.29, 0.717) is 5.82 Å². The van der Waals surface area contributed by atoms with Crippen LogP contribution < -0.4 is 5.32 Å². The predicted molar refractivity (Wildman–Crippen MR) is 88.1 cm³/mol. The Morgan fingerprint density at radius 3 is 2.91 bits per heavy atom. The number of benzene rings is 1. The number of imidazole rings is 1. The first-order chi connectivity index (χ1) is 11.2. The highest BCUT2D eigenvalue weighted by Crippen LogP contribution is 2.32. The van der Waals surface area contributed by atoms with Crippen LogP contribution in [-0.2, 0) is 17.9 Å². The number of nitrogens with zero attached hydrogens (tertiary/aromatic N) is 4. The van der Waals surface area contributed by atoms with Crippen molar-refractivity contribution in [3.05, 3.63) is 42.5 Å². The molecule has 23 heavy (non-hydrogen) atoms. The largest absolute Gasteiger partial charge is 0.326 e. The van der Waals surface area contributed by atoms with Gasteiger partial charge < -0.3 is 9.88 Å². The normalized spacial score (nSPS) is 14.3. The molecule has 118 valence electrons. The van der Waals surface area contributed by atoms with Gasteiger partial charge in [-0.05, 0) is 37.8 Å². The molecule has 2 heterocycles. The Bertz CT molecular complexity index is 859. The van der Waals surface area contributed by atoms with Crippen molar-refractivity contribution < 1.29 is 4.79 Å². The van der Waals surface area contributed by atoms with E-state index in [9.17, 15) is 4.79 Å². The third-order valence-electron chi connectivity index (χ3n) is 4.28. The van der Waals surface area contributed by atoms with Crippen molar-refractivity contribution in [3.8, 4) is 0 Å². The smallest absolute Gasteiger partial charge is 0.245 e. The average Bonchev–Trinajstić information content (AvgIpc) is 3.18. The average molecular weight is 309 g/mol. The van der Waals surface area contributed by atoms with Gasteiger partial charge in [0, 0.05) is 24.3 Å². The number of aromatic nitrogens is 4. The Morgan fingerprint density at radius 1 is 1.35 bits per heavy atom. The van der Waals surface area contributed by atoms with Crippen LogP contribution in [0.15, 0.2) is 36.7 Å². The molecular formula is C17H19N5O. The fraction of sp³-hybridized carbons (Fsp3) is 0.353. The van der Waals surface area contributed by atoms with Crippen LogP contribution in [0.5, 0.6) is 0 Å². The second-order valence-corrected chi connectivity index (χ2v) is 6.14. The summed E-state index contributed by atoms with van der Waals surface area (Å²) in [7, 11) is 0. The molecule has 1 saturated carbocycles. The molecule has 0 unspecified atom stereocenters. The molecule has 1 fully saturated rings. The molecule has 0 atom stereocenters. The first-order valence-corrected chi connectivity index (χ1v) is 7.94. The molecule has 0 spiro atoms. The first kappa shape index (κ1) is 14.0. The molecule has 6 nitrogen and oxygen atoms in total. The number of rotatable bonds is 5. The van der Waals surface area contributed by atoms with Gasteiger partial charge >= 0.3 is 0 Å². The molecule has 0 radical (unpaired) electrons. The van der Waals surface area contributed by atoms with Crippen LogP contribution in [0, 0.1) is 12.8 Å². The highest BCUT2D eigenvalue weighted by molar-refractivity contribution is 5.99. The van der Waals surface area contributed by atoms with Crippen LogP contribution in [0.2, 0.25) is 0 Å². The third kappa shape index (κ3) is 2.84. The summed E-state index contributed by atoms with van der Waals surface area (Å²) < 4.78 is 3.84. The van der Waals surface area contributed by atoms with Gasteiger partial charge in [-0.15, -0.1) is 0 Å². The number of amides is 1. The van der Waals surface area contributed by atoms with E-state index in [1.807, 2.05) is 34.4 Å². The fourth-order valence-corrected chi connectivity index (χ4v) is 2.80. The Morgan fingerprint density at radius 2 is 2.17 bits per heavy atom. The molecule has 4 rings (SSSR count). The molecule has 0 saturated heterocycles. The standard InChI is InChI=1S/C17H19N5O/c1-12-18-8-9-21(12)11-16(23)19-17-14-4-2-3-5-15(14)22(20-17)10-13-6-7-13/h2-5,8-9,13H,6-7,10-11H2,1H3,(H,19,20,23). The highest BCUT2D eigenvalue weighted by atomic mass is 16.2. The summed E-state index contributed by atoms with van der Waals surface area (Å²) in [5.74, 6) is 2.11.